The Morgan fingerprint density at radius 1 is 0.976 bits per heavy atom. The summed E-state index contributed by atoms with van der Waals surface area (Å²) < 4.78 is 24.0. The smallest absolute Gasteiger partial charge is 0.302 e. The number of esters is 1. The van der Waals surface area contributed by atoms with E-state index in [1.54, 1.807) is 12.1 Å². The van der Waals surface area contributed by atoms with Gasteiger partial charge in [0, 0.05) is 19.8 Å². The van der Waals surface area contributed by atoms with Crippen LogP contribution >= 0.6 is 0 Å². The number of hydrogen-bond donors (Lipinski definition) is 3. The van der Waals surface area contributed by atoms with Crippen LogP contribution in [0.25, 0.3) is 0 Å². The molecule has 226 valence electrons. The quantitative estimate of drug-likeness (QED) is 0.140. The molecule has 0 spiro atoms. The Balaban J connectivity index is 1.61. The van der Waals surface area contributed by atoms with Crippen LogP contribution in [0.5, 0.6) is 28.7 Å². The summed E-state index contributed by atoms with van der Waals surface area (Å²) in [5.74, 6) is 0.0645. The maximum Gasteiger partial charge on any atom is 0.302 e. The summed E-state index contributed by atoms with van der Waals surface area (Å²) in [6.45, 7) is 3.59. The zero-order chi connectivity index (χ0) is 29.4. The van der Waals surface area contributed by atoms with Gasteiger partial charge in [0.1, 0.15) is 6.10 Å². The number of rotatable bonds is 12. The molecule has 0 amide bonds. The largest absolute Gasteiger partial charge is 0.504 e. The summed E-state index contributed by atoms with van der Waals surface area (Å²) in [4.78, 5) is 12.0. The first-order chi connectivity index (χ1) is 19.8. The molecule has 1 aliphatic heterocycles. The minimum atomic E-state index is -0.457. The average molecular weight is 571 g/mol. The van der Waals surface area contributed by atoms with Gasteiger partial charge in [0.15, 0.2) is 23.0 Å². The van der Waals surface area contributed by atoms with Crippen LogP contribution in [-0.2, 0) is 20.7 Å². The number of methoxy groups -OCH3 is 1. The van der Waals surface area contributed by atoms with Crippen molar-refractivity contribution in [1.29, 1.82) is 0 Å². The van der Waals surface area contributed by atoms with Crippen LogP contribution in [-0.4, -0.2) is 46.7 Å². The molecular weight excluding hydrogens is 524 g/mol. The van der Waals surface area contributed by atoms with Crippen LogP contribution in [0.3, 0.4) is 0 Å². The van der Waals surface area contributed by atoms with Crippen LogP contribution in [0.2, 0.25) is 0 Å². The van der Waals surface area contributed by atoms with E-state index < -0.39 is 6.10 Å². The fourth-order valence-electron chi connectivity index (χ4n) is 6.25. The lowest BCUT2D eigenvalue weighted by Crippen LogP contribution is -2.39. The zero-order valence-electron chi connectivity index (χ0n) is 24.6. The standard InChI is InChI=1S/C33H46O8/c1-4-5-7-10-23(15-22-13-14-27(35)31(16-22)38-3)29-19-26(39-21(2)34)20-30(41-29)24-17-28(36)33(37)32(18-24)40-25-11-8-6-9-12-25/h13-14,16-18,23,25-26,29-30,35-37H,4-12,15,19-20H2,1-3H3. The first kappa shape index (κ1) is 30.8. The van der Waals surface area contributed by atoms with E-state index >= 15 is 0 Å². The second kappa shape index (κ2) is 14.7. The second-order valence-electron chi connectivity index (χ2n) is 11.6. The van der Waals surface area contributed by atoms with Gasteiger partial charge in [0.2, 0.25) is 5.75 Å². The van der Waals surface area contributed by atoms with Crippen molar-refractivity contribution in [3.63, 3.8) is 0 Å². The maximum absolute atomic E-state index is 12.0. The molecule has 4 rings (SSSR count). The number of phenolic OH excluding ortho intramolecular Hbond substituents is 3. The molecule has 0 aromatic heterocycles. The minimum absolute atomic E-state index is 0.00311. The molecule has 2 aromatic rings. The maximum atomic E-state index is 12.0. The van der Waals surface area contributed by atoms with E-state index in [4.69, 9.17) is 18.9 Å². The molecule has 8 nitrogen and oxygen atoms in total. The van der Waals surface area contributed by atoms with Gasteiger partial charge in [-0.2, -0.15) is 0 Å². The number of unbranched alkanes of at least 4 members (excludes halogenated alkanes) is 2. The zero-order valence-corrected chi connectivity index (χ0v) is 24.6. The second-order valence-corrected chi connectivity index (χ2v) is 11.6. The summed E-state index contributed by atoms with van der Waals surface area (Å²) in [6, 6.07) is 8.70. The van der Waals surface area contributed by atoms with E-state index in [0.29, 0.717) is 30.6 Å². The van der Waals surface area contributed by atoms with Crippen LogP contribution in [0.4, 0.5) is 0 Å². The molecule has 1 saturated heterocycles. The Morgan fingerprint density at radius 2 is 1.76 bits per heavy atom. The number of benzene rings is 2. The first-order valence-electron chi connectivity index (χ1n) is 15.2. The van der Waals surface area contributed by atoms with Gasteiger partial charge in [0.25, 0.3) is 0 Å². The third kappa shape index (κ3) is 8.44. The van der Waals surface area contributed by atoms with Gasteiger partial charge in [-0.25, -0.2) is 0 Å². The van der Waals surface area contributed by atoms with Crippen LogP contribution < -0.4 is 9.47 Å². The van der Waals surface area contributed by atoms with Crippen molar-refractivity contribution in [2.45, 2.75) is 115 Å². The lowest BCUT2D eigenvalue weighted by atomic mass is 9.83. The Morgan fingerprint density at radius 3 is 2.46 bits per heavy atom. The van der Waals surface area contributed by atoms with E-state index in [-0.39, 0.29) is 53.2 Å². The van der Waals surface area contributed by atoms with Crippen molar-refractivity contribution in [1.82, 2.24) is 0 Å². The van der Waals surface area contributed by atoms with Crippen molar-refractivity contribution < 1.29 is 39.1 Å². The molecule has 8 heteroatoms. The van der Waals surface area contributed by atoms with E-state index in [0.717, 1.165) is 56.9 Å². The highest BCUT2D eigenvalue weighted by Gasteiger charge is 2.37. The van der Waals surface area contributed by atoms with Gasteiger partial charge in [-0.15, -0.1) is 0 Å². The molecule has 0 radical (unpaired) electrons. The van der Waals surface area contributed by atoms with E-state index in [9.17, 15) is 20.1 Å². The van der Waals surface area contributed by atoms with Crippen molar-refractivity contribution in [3.05, 3.63) is 41.5 Å². The van der Waals surface area contributed by atoms with Gasteiger partial charge in [-0.3, -0.25) is 4.79 Å². The molecule has 4 atom stereocenters. The number of aromatic hydroxyl groups is 3. The van der Waals surface area contributed by atoms with Gasteiger partial charge in [-0.05, 0) is 79.8 Å². The molecule has 41 heavy (non-hydrogen) atoms. The highest BCUT2D eigenvalue weighted by molar-refractivity contribution is 5.66. The Bertz CT molecular complexity index is 1140. The van der Waals surface area contributed by atoms with Crippen LogP contribution in [0.15, 0.2) is 30.3 Å². The Kier molecular flexibility index (Phi) is 11.0. The molecule has 0 bridgehead atoms. The van der Waals surface area contributed by atoms with Gasteiger partial charge in [-0.1, -0.05) is 38.7 Å². The Hall–Kier alpha value is -3.13. The van der Waals surface area contributed by atoms with Crippen molar-refractivity contribution >= 4 is 5.97 Å². The number of hydrogen-bond acceptors (Lipinski definition) is 8. The van der Waals surface area contributed by atoms with E-state index in [1.807, 2.05) is 12.1 Å². The molecule has 2 aromatic carbocycles. The van der Waals surface area contributed by atoms with Crippen LogP contribution in [0, 0.1) is 5.92 Å². The summed E-state index contributed by atoms with van der Waals surface area (Å²) >= 11 is 0. The highest BCUT2D eigenvalue weighted by Crippen LogP contribution is 2.44. The van der Waals surface area contributed by atoms with Crippen molar-refractivity contribution in [2.24, 2.45) is 5.92 Å². The van der Waals surface area contributed by atoms with Crippen molar-refractivity contribution in [3.8, 4) is 28.7 Å². The highest BCUT2D eigenvalue weighted by atomic mass is 16.6. The fourth-order valence-corrected chi connectivity index (χ4v) is 6.25. The third-order valence-corrected chi connectivity index (χ3v) is 8.38. The molecule has 2 fully saturated rings. The molecule has 4 unspecified atom stereocenters. The average Bonchev–Trinajstić information content (AvgIpc) is 2.95. The van der Waals surface area contributed by atoms with Gasteiger partial charge in [0.05, 0.1) is 25.4 Å². The monoisotopic (exact) mass is 570 g/mol. The number of ether oxygens (including phenoxy) is 4. The van der Waals surface area contributed by atoms with E-state index in [1.165, 1.54) is 26.5 Å². The molecule has 2 aliphatic rings. The van der Waals surface area contributed by atoms with Crippen LogP contribution in [0.1, 0.15) is 102 Å². The van der Waals surface area contributed by atoms with Crippen molar-refractivity contribution in [2.75, 3.05) is 7.11 Å². The fraction of sp³-hybridized carbons (Fsp3) is 0.606. The third-order valence-electron chi connectivity index (χ3n) is 8.38. The summed E-state index contributed by atoms with van der Waals surface area (Å²) in [5.41, 5.74) is 1.72. The lowest BCUT2D eigenvalue weighted by Gasteiger charge is -2.39. The first-order valence-corrected chi connectivity index (χ1v) is 15.2. The molecule has 3 N–H and O–H groups in total. The predicted octanol–water partition coefficient (Wildman–Crippen LogP) is 7.11. The topological polar surface area (TPSA) is 115 Å². The van der Waals surface area contributed by atoms with Gasteiger partial charge >= 0.3 is 5.97 Å². The number of carbonyl (C=O) groups excluding carboxylic acids is 1. The van der Waals surface area contributed by atoms with E-state index in [2.05, 4.69) is 6.92 Å². The molecule has 1 saturated carbocycles. The van der Waals surface area contributed by atoms with Gasteiger partial charge < -0.3 is 34.3 Å². The summed E-state index contributed by atoms with van der Waals surface area (Å²) in [7, 11) is 1.54. The lowest BCUT2D eigenvalue weighted by molar-refractivity contribution is -0.165. The minimum Gasteiger partial charge on any atom is -0.504 e. The molecule has 1 aliphatic carbocycles. The normalized spacial score (nSPS) is 22.2. The summed E-state index contributed by atoms with van der Waals surface area (Å²) in [6.07, 6.45) is 10.1. The predicted molar refractivity (Wildman–Crippen MR) is 156 cm³/mol. The number of phenols is 3. The summed E-state index contributed by atoms with van der Waals surface area (Å²) in [5, 5.41) is 31.3. The molecular formula is C33H46O8. The number of carbonyl (C=O) groups is 1. The SMILES string of the molecule is CCCCCC(Cc1ccc(O)c(OC)c1)C1CC(OC(C)=O)CC(c2cc(O)c(O)c(OC3CCCCC3)c2)O1. The Labute approximate surface area is 243 Å². The molecule has 1 heterocycles.